The average molecular weight is 807 g/mol. The van der Waals surface area contributed by atoms with Gasteiger partial charge < -0.3 is 21.7 Å². The molecule has 21 heteroatoms. The molecule has 2 amide bonds. The van der Waals surface area contributed by atoms with Crippen molar-refractivity contribution in [3.63, 3.8) is 0 Å². The van der Waals surface area contributed by atoms with Gasteiger partial charge in [0.25, 0.3) is 11.8 Å². The van der Waals surface area contributed by atoms with Gasteiger partial charge in [-0.25, -0.2) is 8.42 Å². The topological polar surface area (TPSA) is 211 Å². The highest BCUT2D eigenvalue weighted by molar-refractivity contribution is 7.94. The number of hydrogen-bond donors (Lipinski definition) is 4. The van der Waals surface area contributed by atoms with E-state index in [1.807, 2.05) is 0 Å². The number of alkyl halides is 6. The first-order valence-electron chi connectivity index (χ1n) is 16.0. The zero-order chi connectivity index (χ0) is 38.8. The number of aromatic nitrogens is 2. The van der Waals surface area contributed by atoms with Gasteiger partial charge in [-0.1, -0.05) is 24.3 Å². The summed E-state index contributed by atoms with van der Waals surface area (Å²) in [5.74, 6) is -3.66. The van der Waals surface area contributed by atoms with Gasteiger partial charge in [-0.2, -0.15) is 39.4 Å². The number of aliphatic hydroxyl groups is 2. The molecule has 4 unspecified atom stereocenters. The number of amides is 2. The molecule has 0 radical (unpaired) electrons. The Balaban J connectivity index is 1.31. The third kappa shape index (κ3) is 7.43. The molecule has 286 valence electrons. The highest BCUT2D eigenvalue weighted by Crippen LogP contribution is 2.46. The minimum atomic E-state index is -5.27. The number of halogens is 6. The summed E-state index contributed by atoms with van der Waals surface area (Å²) in [5, 5.41) is 22.6. The number of fused-ring (bicyclic) bond motifs is 2. The molecule has 6 atom stereocenters. The Morgan fingerprint density at radius 3 is 1.83 bits per heavy atom. The summed E-state index contributed by atoms with van der Waals surface area (Å²) >= 11 is 0.653. The smallest absolute Gasteiger partial charge is 0.375 e. The van der Waals surface area contributed by atoms with Gasteiger partial charge in [0.15, 0.2) is 0 Å². The van der Waals surface area contributed by atoms with Gasteiger partial charge in [0.1, 0.15) is 5.69 Å². The standard InChI is InChI=1S/C32H32F6N6O6S3/c33-31(34,35)29(47,7-11-52(49)9-5-22(39)27(45)43-52)25-15-20-13-17(1-2-19(20)16-41-25)18-3-4-21-24(14-18)51-42-26(21)30(48,32(36,37)38)8-12-53(50)10-6-23(40)28(46)44-53/h1-4,13-16,22-23,47-48H,5-12,39-40H2/t22-,23-,29?,30?,52?,53?/m0/s1. The molecule has 12 nitrogen and oxygen atoms in total. The minimum Gasteiger partial charge on any atom is -0.375 e. The van der Waals surface area contributed by atoms with E-state index < -0.39 is 103 Å². The van der Waals surface area contributed by atoms with Crippen molar-refractivity contribution in [3.8, 4) is 11.1 Å². The highest BCUT2D eigenvalue weighted by Gasteiger charge is 2.58. The van der Waals surface area contributed by atoms with Crippen LogP contribution >= 0.6 is 11.5 Å². The maximum atomic E-state index is 14.5. The van der Waals surface area contributed by atoms with Gasteiger partial charge in [-0.15, -0.1) is 0 Å². The Morgan fingerprint density at radius 1 is 0.755 bits per heavy atom. The van der Waals surface area contributed by atoms with Crippen LogP contribution in [0.1, 0.15) is 37.1 Å². The molecular weight excluding hydrogens is 775 g/mol. The number of carbonyl (C=O) groups is 2. The quantitative estimate of drug-likeness (QED) is 0.177. The first kappa shape index (κ1) is 39.1. The molecule has 4 aromatic rings. The van der Waals surface area contributed by atoms with Crippen molar-refractivity contribution in [2.24, 2.45) is 20.2 Å². The Bertz CT molecular complexity index is 2390. The van der Waals surface area contributed by atoms with Crippen molar-refractivity contribution in [1.82, 2.24) is 9.36 Å². The fourth-order valence-electron chi connectivity index (χ4n) is 6.11. The highest BCUT2D eigenvalue weighted by atomic mass is 32.2. The van der Waals surface area contributed by atoms with Crippen molar-refractivity contribution in [2.75, 3.05) is 23.0 Å². The third-order valence-electron chi connectivity index (χ3n) is 9.49. The maximum absolute atomic E-state index is 14.5. The molecule has 0 saturated heterocycles. The Morgan fingerprint density at radius 2 is 1.28 bits per heavy atom. The van der Waals surface area contributed by atoms with Crippen LogP contribution in [0.5, 0.6) is 0 Å². The van der Waals surface area contributed by atoms with E-state index in [4.69, 9.17) is 11.5 Å². The molecular formula is C32H32F6N6O6S3. The molecule has 0 bridgehead atoms. The summed E-state index contributed by atoms with van der Waals surface area (Å²) in [5.41, 5.74) is 3.36. The Labute approximate surface area is 302 Å². The van der Waals surface area contributed by atoms with Crippen LogP contribution in [0.25, 0.3) is 32.0 Å². The Hall–Kier alpha value is -3.60. The molecule has 2 aromatic carbocycles. The maximum Gasteiger partial charge on any atom is 0.423 e. The van der Waals surface area contributed by atoms with Crippen LogP contribution in [0.4, 0.5) is 26.3 Å². The fourth-order valence-corrected chi connectivity index (χ4v) is 11.2. The summed E-state index contributed by atoms with van der Waals surface area (Å²) in [6.07, 6.45) is -11.7. The van der Waals surface area contributed by atoms with E-state index in [9.17, 15) is 54.6 Å². The van der Waals surface area contributed by atoms with E-state index in [2.05, 4.69) is 18.1 Å². The fraction of sp³-hybridized carbons (Fsp3) is 0.438. The van der Waals surface area contributed by atoms with E-state index in [0.717, 1.165) is 12.3 Å². The summed E-state index contributed by atoms with van der Waals surface area (Å²) in [4.78, 5) is 27.7. The normalized spacial score (nSPS) is 26.5. The molecule has 6 rings (SSSR count). The second-order valence-corrected chi connectivity index (χ2v) is 19.0. The number of benzene rings is 2. The van der Waals surface area contributed by atoms with Gasteiger partial charge in [0.05, 0.1) is 41.9 Å². The van der Waals surface area contributed by atoms with Crippen molar-refractivity contribution in [3.05, 3.63) is 60.0 Å². The molecule has 2 aromatic heterocycles. The Kier molecular flexibility index (Phi) is 10.0. The van der Waals surface area contributed by atoms with Crippen molar-refractivity contribution in [2.45, 2.75) is 61.3 Å². The molecule has 2 aliphatic heterocycles. The van der Waals surface area contributed by atoms with Gasteiger partial charge in [0.2, 0.25) is 11.2 Å². The largest absolute Gasteiger partial charge is 0.423 e. The van der Waals surface area contributed by atoms with E-state index in [0.29, 0.717) is 28.0 Å². The lowest BCUT2D eigenvalue weighted by Gasteiger charge is -2.31. The first-order chi connectivity index (χ1) is 24.6. The van der Waals surface area contributed by atoms with E-state index in [-0.39, 0.29) is 39.8 Å². The monoisotopic (exact) mass is 806 g/mol. The lowest BCUT2D eigenvalue weighted by atomic mass is 9.91. The van der Waals surface area contributed by atoms with Gasteiger partial charge in [-0.05, 0) is 59.1 Å². The van der Waals surface area contributed by atoms with Crippen LogP contribution in [-0.4, -0.2) is 87.3 Å². The minimum absolute atomic E-state index is 0.0254. The number of rotatable bonds is 9. The molecule has 53 heavy (non-hydrogen) atoms. The summed E-state index contributed by atoms with van der Waals surface area (Å²) < 4.78 is 124. The lowest BCUT2D eigenvalue weighted by Crippen LogP contribution is -2.45. The second kappa shape index (κ2) is 13.6. The van der Waals surface area contributed by atoms with E-state index in [1.54, 1.807) is 12.1 Å². The van der Waals surface area contributed by atoms with Gasteiger partial charge >= 0.3 is 12.4 Å². The predicted octanol–water partition coefficient (Wildman–Crippen LogP) is 4.24. The number of hydrogen-bond acceptors (Lipinski definition) is 11. The van der Waals surface area contributed by atoms with Crippen LogP contribution in [-0.2, 0) is 40.2 Å². The van der Waals surface area contributed by atoms with Crippen LogP contribution in [0.15, 0.2) is 57.4 Å². The lowest BCUT2D eigenvalue weighted by molar-refractivity contribution is -0.268. The summed E-state index contributed by atoms with van der Waals surface area (Å²) in [6, 6.07) is 7.87. The van der Waals surface area contributed by atoms with Crippen LogP contribution in [0, 0.1) is 0 Å². The van der Waals surface area contributed by atoms with Crippen LogP contribution < -0.4 is 11.5 Å². The van der Waals surface area contributed by atoms with E-state index in [1.165, 1.54) is 24.3 Å². The molecule has 0 spiro atoms. The van der Waals surface area contributed by atoms with Crippen molar-refractivity contribution in [1.29, 1.82) is 0 Å². The number of carbonyl (C=O) groups excluding carboxylic acids is 2. The molecule has 0 fully saturated rings. The predicted molar refractivity (Wildman–Crippen MR) is 185 cm³/mol. The zero-order valence-corrected chi connectivity index (χ0v) is 29.8. The third-order valence-corrected chi connectivity index (χ3v) is 14.8. The molecule has 6 N–H and O–H groups in total. The number of nitrogens with two attached hydrogens (primary N) is 2. The molecule has 0 aliphatic carbocycles. The SMILES string of the molecule is N[C@H]1CCS(=O)(CCC(O)(c2cc3cc(-c4ccc5c(C(O)(CCS6(=O)=NC(=O)[C@@H](N)CC6)C(F)(F)F)nsc5c4)ccc3cn2)C(F)(F)F)=NC1=O. The summed E-state index contributed by atoms with van der Waals surface area (Å²) in [6.45, 7) is 0. The average Bonchev–Trinajstić information content (AvgIpc) is 3.52. The molecule has 4 heterocycles. The van der Waals surface area contributed by atoms with Gasteiger partial charge in [-0.3, -0.25) is 14.6 Å². The van der Waals surface area contributed by atoms with Gasteiger partial charge in [0, 0.05) is 52.8 Å². The first-order valence-corrected chi connectivity index (χ1v) is 20.5. The molecule has 0 saturated carbocycles. The van der Waals surface area contributed by atoms with Crippen molar-refractivity contribution < 1.29 is 54.6 Å². The number of pyridine rings is 1. The van der Waals surface area contributed by atoms with Crippen LogP contribution in [0.3, 0.4) is 0 Å². The summed E-state index contributed by atoms with van der Waals surface area (Å²) in [7, 11) is -6.83. The molecule has 2 aliphatic rings. The van der Waals surface area contributed by atoms with Crippen molar-refractivity contribution >= 4 is 63.7 Å². The van der Waals surface area contributed by atoms with E-state index >= 15 is 0 Å². The zero-order valence-electron chi connectivity index (χ0n) is 27.4. The number of nitrogens with zero attached hydrogens (tertiary/aromatic N) is 4. The van der Waals surface area contributed by atoms with Crippen LogP contribution in [0.2, 0.25) is 0 Å². The second-order valence-electron chi connectivity index (χ2n) is 13.1.